The Kier molecular flexibility index (Phi) is 24.2. The van der Waals surface area contributed by atoms with Gasteiger partial charge in [0.05, 0.1) is 0 Å². The van der Waals surface area contributed by atoms with Gasteiger partial charge in [-0.15, -0.1) is 0 Å². The van der Waals surface area contributed by atoms with Crippen LogP contribution >= 0.6 is 0 Å². The first-order valence-electron chi connectivity index (χ1n) is 25.9. The Hall–Kier alpha value is -5.62. The van der Waals surface area contributed by atoms with Crippen molar-refractivity contribution in [2.45, 2.75) is 0 Å². The van der Waals surface area contributed by atoms with Crippen LogP contribution in [0.2, 0.25) is 0 Å². The van der Waals surface area contributed by atoms with Crippen LogP contribution in [-0.4, -0.2) is 96.6 Å². The van der Waals surface area contributed by atoms with Gasteiger partial charge in [0.1, 0.15) is 0 Å². The second kappa shape index (κ2) is 32.3. The monoisotopic (exact) mass is 1480 g/mol. The average molecular weight is 1470 g/mol. The minimum absolute atomic E-state index is 0. The van der Waals surface area contributed by atoms with E-state index in [1.807, 2.05) is 0 Å². The molecule has 0 nitrogen and oxygen atoms in total. The molecule has 77 heavy (non-hydrogen) atoms. The number of hydrogen-bond donors (Lipinski definition) is 0. The van der Waals surface area contributed by atoms with Crippen LogP contribution in [0.25, 0.3) is 0 Å². The van der Waals surface area contributed by atoms with E-state index in [9.17, 15) is 0 Å². The first-order valence-corrected chi connectivity index (χ1v) is 43.1. The zero-order valence-electron chi connectivity index (χ0n) is 43.1. The topological polar surface area (TPSA) is 0 Å². The summed E-state index contributed by atoms with van der Waals surface area (Å²) in [7, 11) is 0. The molecule has 0 saturated carbocycles. The number of hydrogen-bond acceptors (Lipinski definition) is 0. The Bertz CT molecular complexity index is 2580. The van der Waals surface area contributed by atoms with Crippen molar-refractivity contribution in [1.82, 2.24) is 0 Å². The first kappa shape index (κ1) is 57.6. The molecule has 12 aromatic rings. The maximum absolute atomic E-state index is 2.29. The van der Waals surface area contributed by atoms with Gasteiger partial charge in [-0.25, -0.2) is 0 Å². The normalized spacial score (nSPS) is 10.4. The molecule has 0 saturated heterocycles. The van der Waals surface area contributed by atoms with Crippen molar-refractivity contribution < 1.29 is 0 Å². The third-order valence-electron chi connectivity index (χ3n) is 12.7. The first-order chi connectivity index (χ1) is 37.8. The van der Waals surface area contributed by atoms with Crippen LogP contribution in [0.15, 0.2) is 364 Å². The van der Waals surface area contributed by atoms with Gasteiger partial charge < -0.3 is 0 Å². The number of benzene rings is 12. The summed E-state index contributed by atoms with van der Waals surface area (Å²) in [5, 5.41) is 0. The molecule has 0 fully saturated rings. The van der Waals surface area contributed by atoms with Crippen LogP contribution in [0.4, 0.5) is 0 Å². The molecule has 0 aromatic heterocycles. The van der Waals surface area contributed by atoms with Crippen molar-refractivity contribution in [1.29, 1.82) is 0 Å². The molecule has 0 aliphatic heterocycles. The van der Waals surface area contributed by atoms with E-state index in [0.29, 0.717) is 0 Å². The van der Waals surface area contributed by atoms with E-state index < -0.39 is 79.0 Å². The molecular weight excluding hydrogens is 1410 g/mol. The SMILES string of the molecule is [Ge].c1cc[c]([Sn]([c]2ccccc2)[c]2ccccc2)cc1.c1cc[c]([Sn]([c]2ccccc2)[c]2ccccc2)cc1.c1cc[c]([Sn]([c]2ccccc2)[c]2ccccc2)cc1.c1cc[c]([Sn]([c]2ccccc2)[c]2ccccc2)cc1. The summed E-state index contributed by atoms with van der Waals surface area (Å²) in [5.74, 6) is 0. The fourth-order valence-electron chi connectivity index (χ4n) is 9.26. The molecule has 0 aliphatic carbocycles. The van der Waals surface area contributed by atoms with Crippen LogP contribution in [0.5, 0.6) is 0 Å². The number of rotatable bonds is 12. The Morgan fingerprint density at radius 3 is 0.234 bits per heavy atom. The van der Waals surface area contributed by atoms with Crippen LogP contribution in [0.1, 0.15) is 0 Å². The van der Waals surface area contributed by atoms with Crippen LogP contribution in [-0.2, 0) is 0 Å². The third kappa shape index (κ3) is 17.2. The predicted octanol–water partition coefficient (Wildman–Crippen LogP) is 8.43. The summed E-state index contributed by atoms with van der Waals surface area (Å²) in [6.45, 7) is 0. The van der Waals surface area contributed by atoms with E-state index in [0.717, 1.165) is 0 Å². The molecule has 12 aromatic carbocycles. The molecule has 0 heterocycles. The van der Waals surface area contributed by atoms with E-state index in [2.05, 4.69) is 364 Å². The van der Waals surface area contributed by atoms with Gasteiger partial charge in [-0.1, -0.05) is 0 Å². The van der Waals surface area contributed by atoms with Crippen molar-refractivity contribution >= 4 is 140 Å². The molecule has 0 spiro atoms. The van der Waals surface area contributed by atoms with Gasteiger partial charge in [0.15, 0.2) is 0 Å². The Labute approximate surface area is 497 Å². The summed E-state index contributed by atoms with van der Waals surface area (Å²) in [5.41, 5.74) is 0. The van der Waals surface area contributed by atoms with Gasteiger partial charge in [-0.3, -0.25) is 0 Å². The molecule has 0 amide bonds. The molecule has 8 radical (unpaired) electrons. The van der Waals surface area contributed by atoms with Crippen molar-refractivity contribution in [3.05, 3.63) is 364 Å². The van der Waals surface area contributed by atoms with Crippen molar-refractivity contribution in [3.63, 3.8) is 0 Å². The standard InChI is InChI=1S/12C6H5.Ge.4Sn/c12*1-2-4-6-5-3-1;;;;;/h12*1-5H;;;;;. The fraction of sp³-hybridized carbons (Fsp3) is 0. The zero-order chi connectivity index (χ0) is 51.7. The second-order valence-electron chi connectivity index (χ2n) is 17.9. The van der Waals surface area contributed by atoms with Gasteiger partial charge in [0, 0.05) is 17.6 Å². The van der Waals surface area contributed by atoms with E-state index in [4.69, 9.17) is 0 Å². The maximum atomic E-state index is 2.29. The van der Waals surface area contributed by atoms with Crippen LogP contribution in [0, 0.1) is 0 Å². The van der Waals surface area contributed by atoms with Gasteiger partial charge in [-0.2, -0.15) is 0 Å². The summed E-state index contributed by atoms with van der Waals surface area (Å²) >= 11 is -7.93. The molecule has 0 N–H and O–H groups in total. The van der Waals surface area contributed by atoms with E-state index in [1.54, 1.807) is 0 Å². The van der Waals surface area contributed by atoms with E-state index >= 15 is 0 Å². The molecule has 12 rings (SSSR count). The summed E-state index contributed by atoms with van der Waals surface area (Å²) < 4.78 is 18.4. The Morgan fingerprint density at radius 2 is 0.169 bits per heavy atom. The molecule has 5 heteroatoms. The zero-order valence-corrected chi connectivity index (χ0v) is 56.7. The van der Waals surface area contributed by atoms with Gasteiger partial charge in [0.2, 0.25) is 0 Å². The molecule has 0 atom stereocenters. The van der Waals surface area contributed by atoms with Crippen molar-refractivity contribution in [3.8, 4) is 0 Å². The van der Waals surface area contributed by atoms with Crippen LogP contribution in [0.3, 0.4) is 0 Å². The minimum atomic E-state index is -1.98. The van der Waals surface area contributed by atoms with Crippen molar-refractivity contribution in [2.75, 3.05) is 0 Å². The molecule has 0 aliphatic rings. The summed E-state index contributed by atoms with van der Waals surface area (Å²) in [4.78, 5) is 0. The quantitative estimate of drug-likeness (QED) is 0.108. The second-order valence-corrected chi connectivity index (χ2v) is 46.2. The summed E-state index contributed by atoms with van der Waals surface area (Å²) in [6, 6.07) is 132. The third-order valence-corrected chi connectivity index (χ3v) is 43.9. The van der Waals surface area contributed by atoms with Crippen molar-refractivity contribution in [2.24, 2.45) is 0 Å². The predicted molar refractivity (Wildman–Crippen MR) is 342 cm³/mol. The molecule has 0 bridgehead atoms. The summed E-state index contributed by atoms with van der Waals surface area (Å²) in [6.07, 6.45) is 0. The van der Waals surface area contributed by atoms with Gasteiger partial charge in [0.25, 0.3) is 0 Å². The Balaban J connectivity index is 0.000000135. The van der Waals surface area contributed by atoms with Gasteiger partial charge in [-0.05, 0) is 0 Å². The average Bonchev–Trinajstić information content (AvgIpc) is 3.51. The molecule has 0 unspecified atom stereocenters. The van der Waals surface area contributed by atoms with E-state index in [-0.39, 0.29) is 17.6 Å². The van der Waals surface area contributed by atoms with Crippen LogP contribution < -0.4 is 43.0 Å². The molecular formula is C72H60GeSn4. The van der Waals surface area contributed by atoms with E-state index in [1.165, 1.54) is 43.0 Å². The van der Waals surface area contributed by atoms with Gasteiger partial charge >= 0.3 is 486 Å². The molecule has 368 valence electrons. The Morgan fingerprint density at radius 1 is 0.104 bits per heavy atom. The fourth-order valence-corrected chi connectivity index (χ4v) is 38.7.